The molecule has 1 saturated heterocycles. The van der Waals surface area contributed by atoms with E-state index in [1.54, 1.807) is 12.2 Å². The molecule has 9 nitrogen and oxygen atoms in total. The van der Waals surface area contributed by atoms with E-state index < -0.39 is 11.9 Å². The van der Waals surface area contributed by atoms with Crippen molar-refractivity contribution in [2.45, 2.75) is 59.4 Å². The third kappa shape index (κ3) is 5.22. The molecule has 1 fully saturated rings. The Morgan fingerprint density at radius 3 is 2.24 bits per heavy atom. The van der Waals surface area contributed by atoms with Crippen LogP contribution in [0.5, 0.6) is 11.8 Å². The molecule has 8 bridgehead atoms. The number of carbonyl (C=O) groups is 2. The van der Waals surface area contributed by atoms with Gasteiger partial charge in [0.05, 0.1) is 5.69 Å². The molecule has 5 rings (SSSR count). The molecule has 0 saturated carbocycles. The molecule has 0 amide bonds. The minimum absolute atomic E-state index is 0.000185. The Kier molecular flexibility index (Phi) is 7.77. The maximum Gasteiger partial charge on any atom is 0.303 e. The fourth-order valence-electron chi connectivity index (χ4n) is 6.29. The van der Waals surface area contributed by atoms with E-state index in [1.807, 2.05) is 26.8 Å². The van der Waals surface area contributed by atoms with Crippen LogP contribution in [-0.2, 0) is 16.0 Å². The van der Waals surface area contributed by atoms with Crippen LogP contribution in [0.15, 0.2) is 18.9 Å². The van der Waals surface area contributed by atoms with Crippen molar-refractivity contribution in [2.75, 3.05) is 0 Å². The van der Waals surface area contributed by atoms with Crippen LogP contribution < -0.4 is 20.8 Å². The predicted octanol–water partition coefficient (Wildman–Crippen LogP) is 4.74. The summed E-state index contributed by atoms with van der Waals surface area (Å²) in [5.74, 6) is -0.501. The Morgan fingerprint density at radius 2 is 1.57 bits per heavy atom. The van der Waals surface area contributed by atoms with Crippen molar-refractivity contribution in [2.24, 2.45) is 11.8 Å². The third-order valence-corrected chi connectivity index (χ3v) is 8.79. The van der Waals surface area contributed by atoms with Gasteiger partial charge in [0.15, 0.2) is 0 Å². The highest BCUT2D eigenvalue weighted by atomic mass is 16.5. The summed E-state index contributed by atoms with van der Waals surface area (Å²) in [5.41, 5.74) is 8.20. The molecule has 6 N–H and O–H groups in total. The summed E-state index contributed by atoms with van der Waals surface area (Å²) in [6.45, 7) is 16.1. The van der Waals surface area contributed by atoms with E-state index in [-0.39, 0.29) is 30.7 Å². The van der Waals surface area contributed by atoms with Gasteiger partial charge in [0.25, 0.3) is 0 Å². The van der Waals surface area contributed by atoms with Gasteiger partial charge in [-0.05, 0) is 74.4 Å². The van der Waals surface area contributed by atoms with Crippen LogP contribution in [0, 0.1) is 32.6 Å². The number of aromatic nitrogens is 3. The number of H-pyrrole nitrogens is 3. The van der Waals surface area contributed by atoms with E-state index in [0.717, 1.165) is 61.2 Å². The SMILES string of the molecule is C=Cc1c2[nH]c(c1C)Oc1[nH]c(c(C)c1C=C)/C=c1\[nH]/c(c(CCC(=O)O)c1C)=C\C1N/C(=C\2)[C@@H](C)[C@@H]1CCC(=O)O. The van der Waals surface area contributed by atoms with Crippen molar-refractivity contribution >= 4 is 42.3 Å². The van der Waals surface area contributed by atoms with Crippen LogP contribution in [-0.4, -0.2) is 43.1 Å². The summed E-state index contributed by atoms with van der Waals surface area (Å²) in [6, 6.07) is -0.168. The summed E-state index contributed by atoms with van der Waals surface area (Å²) >= 11 is 0. The maximum absolute atomic E-state index is 11.6. The van der Waals surface area contributed by atoms with E-state index in [2.05, 4.69) is 52.5 Å². The van der Waals surface area contributed by atoms with Crippen LogP contribution in [0.25, 0.3) is 30.4 Å². The molecule has 3 aromatic heterocycles. The molecular weight excluding hydrogens is 532 g/mol. The number of hydrogen-bond donors (Lipinski definition) is 6. The van der Waals surface area contributed by atoms with Crippen LogP contribution >= 0.6 is 0 Å². The van der Waals surface area contributed by atoms with Crippen molar-refractivity contribution in [1.82, 2.24) is 20.3 Å². The Morgan fingerprint density at radius 1 is 0.881 bits per heavy atom. The lowest BCUT2D eigenvalue weighted by Crippen LogP contribution is -2.29. The maximum atomic E-state index is 11.6. The monoisotopic (exact) mass is 570 g/mol. The second kappa shape index (κ2) is 11.3. The van der Waals surface area contributed by atoms with Crippen LogP contribution in [0.4, 0.5) is 0 Å². The molecule has 220 valence electrons. The van der Waals surface area contributed by atoms with Gasteiger partial charge in [0, 0.05) is 63.6 Å². The second-order valence-electron chi connectivity index (χ2n) is 11.2. The van der Waals surface area contributed by atoms with Crippen LogP contribution in [0.3, 0.4) is 0 Å². The van der Waals surface area contributed by atoms with E-state index in [9.17, 15) is 19.8 Å². The standard InChI is InChI=1S/C33H38N4O5/c1-7-20-19(6)32-37-27(20)14-25-18(5)23(10-12-31(40)41)29(35-25)15-28-22(9-11-30(38)39)17(4)24(34-28)13-26-16(3)21(8-2)33(36-26)42-32/h7-8,13-15,18,23,29,34-37H,1-2,9-12H2,3-6H3,(H,38,39)(H,40,41)/b24-13-,25-14-,28-15-/t18-,23-,29?/m0/s1. The molecule has 9 heteroatoms. The van der Waals surface area contributed by atoms with Crippen molar-refractivity contribution in [3.05, 3.63) is 74.3 Å². The molecule has 3 aromatic rings. The first kappa shape index (κ1) is 28.9. The topological polar surface area (TPSA) is 143 Å². The van der Waals surface area contributed by atoms with Gasteiger partial charge in [0.2, 0.25) is 11.8 Å². The number of fused-ring (bicyclic) bond motifs is 8. The Bertz CT molecular complexity index is 1750. The first-order chi connectivity index (χ1) is 20.0. The molecular formula is C33H38N4O5. The quantitative estimate of drug-likeness (QED) is 0.231. The fraction of sp³-hybridized carbons (Fsp3) is 0.333. The lowest BCUT2D eigenvalue weighted by atomic mass is 9.86. The minimum atomic E-state index is -0.862. The summed E-state index contributed by atoms with van der Waals surface area (Å²) in [6.07, 6.45) is 10.6. The molecule has 0 aliphatic carbocycles. The molecule has 2 aliphatic rings. The molecule has 0 radical (unpaired) electrons. The van der Waals surface area contributed by atoms with E-state index in [0.29, 0.717) is 24.6 Å². The van der Waals surface area contributed by atoms with Gasteiger partial charge >= 0.3 is 11.9 Å². The largest absolute Gasteiger partial charge is 0.481 e. The summed E-state index contributed by atoms with van der Waals surface area (Å²) in [7, 11) is 0. The third-order valence-electron chi connectivity index (χ3n) is 8.79. The number of aromatic amines is 3. The van der Waals surface area contributed by atoms with Gasteiger partial charge in [0.1, 0.15) is 0 Å². The van der Waals surface area contributed by atoms with Crippen molar-refractivity contribution in [3.63, 3.8) is 0 Å². The highest BCUT2D eigenvalue weighted by molar-refractivity contribution is 5.71. The zero-order valence-corrected chi connectivity index (χ0v) is 24.5. The Labute approximate surface area is 244 Å². The number of aliphatic carboxylic acids is 2. The zero-order valence-electron chi connectivity index (χ0n) is 24.5. The number of rotatable bonds is 8. The number of allylic oxidation sites excluding steroid dienone is 1. The normalized spacial score (nSPS) is 22.0. The van der Waals surface area contributed by atoms with Gasteiger partial charge < -0.3 is 35.2 Å². The van der Waals surface area contributed by atoms with E-state index in [4.69, 9.17) is 4.74 Å². The number of nitrogens with one attached hydrogen (secondary N) is 4. The smallest absolute Gasteiger partial charge is 0.303 e. The fourth-order valence-corrected chi connectivity index (χ4v) is 6.29. The number of hydrogen-bond acceptors (Lipinski definition) is 4. The number of ether oxygens (including phenoxy) is 1. The zero-order chi connectivity index (χ0) is 30.3. The first-order valence-corrected chi connectivity index (χ1v) is 14.2. The first-order valence-electron chi connectivity index (χ1n) is 14.2. The highest BCUT2D eigenvalue weighted by Gasteiger charge is 2.36. The van der Waals surface area contributed by atoms with Gasteiger partial charge in [-0.2, -0.15) is 0 Å². The molecule has 42 heavy (non-hydrogen) atoms. The van der Waals surface area contributed by atoms with Crippen LogP contribution in [0.2, 0.25) is 0 Å². The Hall–Kier alpha value is -4.66. The van der Waals surface area contributed by atoms with E-state index in [1.165, 1.54) is 0 Å². The Balaban J connectivity index is 1.79. The number of carboxylic acid groups (broad SMARTS) is 2. The second-order valence-corrected chi connectivity index (χ2v) is 11.2. The average molecular weight is 571 g/mol. The van der Waals surface area contributed by atoms with Gasteiger partial charge in [-0.1, -0.05) is 32.2 Å². The van der Waals surface area contributed by atoms with Crippen molar-refractivity contribution in [1.29, 1.82) is 0 Å². The summed E-state index contributed by atoms with van der Waals surface area (Å²) < 4.78 is 6.42. The van der Waals surface area contributed by atoms with E-state index >= 15 is 0 Å². The molecule has 1 unspecified atom stereocenters. The molecule has 2 aliphatic heterocycles. The van der Waals surface area contributed by atoms with Gasteiger partial charge in [-0.3, -0.25) is 9.59 Å². The molecule has 5 heterocycles. The van der Waals surface area contributed by atoms with Gasteiger partial charge in [-0.15, -0.1) is 0 Å². The highest BCUT2D eigenvalue weighted by Crippen LogP contribution is 2.38. The van der Waals surface area contributed by atoms with Crippen LogP contribution in [0.1, 0.15) is 71.0 Å². The average Bonchev–Trinajstić information content (AvgIpc) is 3.59. The molecule has 0 spiro atoms. The minimum Gasteiger partial charge on any atom is -0.481 e. The van der Waals surface area contributed by atoms with Crippen molar-refractivity contribution in [3.8, 4) is 11.8 Å². The van der Waals surface area contributed by atoms with Crippen molar-refractivity contribution < 1.29 is 24.5 Å². The predicted molar refractivity (Wildman–Crippen MR) is 165 cm³/mol. The molecule has 0 aromatic carbocycles. The molecule has 3 atom stereocenters. The summed E-state index contributed by atoms with van der Waals surface area (Å²) in [4.78, 5) is 33.5. The lowest BCUT2D eigenvalue weighted by molar-refractivity contribution is -0.138. The number of carboxylic acids is 2. The lowest BCUT2D eigenvalue weighted by Gasteiger charge is -2.18. The summed E-state index contributed by atoms with van der Waals surface area (Å²) in [5, 5.41) is 24.3. The van der Waals surface area contributed by atoms with Gasteiger partial charge in [-0.25, -0.2) is 0 Å².